The van der Waals surface area contributed by atoms with E-state index in [-0.39, 0.29) is 5.69 Å². The average Bonchev–Trinajstić information content (AvgIpc) is 2.82. The van der Waals surface area contributed by atoms with Crippen LogP contribution in [0.2, 0.25) is 0 Å². The van der Waals surface area contributed by atoms with Crippen LogP contribution in [0.15, 0.2) is 53.1 Å². The van der Waals surface area contributed by atoms with Gasteiger partial charge in [-0.05, 0) is 18.6 Å². The number of benzene rings is 2. The number of hydrogen-bond donors (Lipinski definition) is 0. The summed E-state index contributed by atoms with van der Waals surface area (Å²) in [7, 11) is 0. The molecule has 0 aliphatic rings. The molecule has 94 valence electrons. The minimum absolute atomic E-state index is 0.0715. The number of aryl methyl sites for hydroxylation is 1. The van der Waals surface area contributed by atoms with E-state index >= 15 is 0 Å². The fraction of sp³-hybridized carbons (Fsp3) is 0.0667. The van der Waals surface area contributed by atoms with E-state index < -0.39 is 4.92 Å². The van der Waals surface area contributed by atoms with E-state index in [1.54, 1.807) is 18.4 Å². The predicted molar refractivity (Wildman–Crippen MR) is 73.0 cm³/mol. The Bertz CT molecular complexity index is 757. The van der Waals surface area contributed by atoms with Gasteiger partial charge in [0.1, 0.15) is 5.58 Å². The summed E-state index contributed by atoms with van der Waals surface area (Å²) < 4.78 is 5.45. The molecule has 19 heavy (non-hydrogen) atoms. The Morgan fingerprint density at radius 2 is 1.84 bits per heavy atom. The molecule has 0 spiro atoms. The number of nitro groups is 1. The van der Waals surface area contributed by atoms with Gasteiger partial charge in [0.2, 0.25) is 0 Å². The molecule has 0 saturated heterocycles. The normalized spacial score (nSPS) is 10.8. The quantitative estimate of drug-likeness (QED) is 0.505. The standard InChI is InChI=1S/C15H11NO3/c1-10-2-4-11(5-3-10)14-9-19-15-7-6-12(16(17)18)8-13(14)15/h2-9H,1H3. The van der Waals surface area contributed by atoms with Crippen LogP contribution in [0.5, 0.6) is 0 Å². The second-order valence-electron chi connectivity index (χ2n) is 4.45. The van der Waals surface area contributed by atoms with Crippen LogP contribution < -0.4 is 0 Å². The van der Waals surface area contributed by atoms with Gasteiger partial charge in [-0.15, -0.1) is 0 Å². The van der Waals surface area contributed by atoms with Crippen molar-refractivity contribution < 1.29 is 9.34 Å². The number of nitrogens with zero attached hydrogens (tertiary/aromatic N) is 1. The molecular formula is C15H11NO3. The molecule has 0 aliphatic heterocycles. The minimum atomic E-state index is -0.397. The zero-order valence-electron chi connectivity index (χ0n) is 10.3. The molecule has 1 aromatic heterocycles. The summed E-state index contributed by atoms with van der Waals surface area (Å²) in [6.07, 6.45) is 1.64. The predicted octanol–water partition coefficient (Wildman–Crippen LogP) is 4.32. The summed E-state index contributed by atoms with van der Waals surface area (Å²) in [4.78, 5) is 10.4. The summed E-state index contributed by atoms with van der Waals surface area (Å²) in [6, 6.07) is 12.6. The highest BCUT2D eigenvalue weighted by Gasteiger charge is 2.13. The zero-order chi connectivity index (χ0) is 13.4. The molecule has 2 aromatic carbocycles. The van der Waals surface area contributed by atoms with Crippen molar-refractivity contribution in [1.29, 1.82) is 0 Å². The maximum Gasteiger partial charge on any atom is 0.270 e. The van der Waals surface area contributed by atoms with Gasteiger partial charge in [0.05, 0.1) is 11.2 Å². The highest BCUT2D eigenvalue weighted by atomic mass is 16.6. The fourth-order valence-electron chi connectivity index (χ4n) is 2.09. The van der Waals surface area contributed by atoms with Crippen molar-refractivity contribution in [2.24, 2.45) is 0 Å². The van der Waals surface area contributed by atoms with Crippen LogP contribution in [0.3, 0.4) is 0 Å². The third-order valence-corrected chi connectivity index (χ3v) is 3.13. The molecule has 1 heterocycles. The Kier molecular flexibility index (Phi) is 2.56. The van der Waals surface area contributed by atoms with Gasteiger partial charge in [-0.1, -0.05) is 29.8 Å². The Morgan fingerprint density at radius 3 is 2.53 bits per heavy atom. The lowest BCUT2D eigenvalue weighted by Crippen LogP contribution is -1.86. The van der Waals surface area contributed by atoms with Crippen molar-refractivity contribution in [1.82, 2.24) is 0 Å². The van der Waals surface area contributed by atoms with E-state index in [0.29, 0.717) is 5.58 Å². The minimum Gasteiger partial charge on any atom is -0.464 e. The van der Waals surface area contributed by atoms with Gasteiger partial charge < -0.3 is 4.42 Å². The van der Waals surface area contributed by atoms with Crippen LogP contribution in [0, 0.1) is 17.0 Å². The van der Waals surface area contributed by atoms with E-state index in [1.807, 2.05) is 31.2 Å². The molecule has 0 radical (unpaired) electrons. The van der Waals surface area contributed by atoms with Gasteiger partial charge in [-0.3, -0.25) is 10.1 Å². The summed E-state index contributed by atoms with van der Waals surface area (Å²) in [5.41, 5.74) is 3.76. The number of hydrogen-bond acceptors (Lipinski definition) is 3. The van der Waals surface area contributed by atoms with Crippen LogP contribution in [-0.4, -0.2) is 4.92 Å². The first-order valence-corrected chi connectivity index (χ1v) is 5.88. The Morgan fingerprint density at radius 1 is 1.11 bits per heavy atom. The molecule has 0 amide bonds. The third kappa shape index (κ3) is 1.97. The molecule has 0 N–H and O–H groups in total. The van der Waals surface area contributed by atoms with Crippen LogP contribution >= 0.6 is 0 Å². The second-order valence-corrected chi connectivity index (χ2v) is 4.45. The smallest absolute Gasteiger partial charge is 0.270 e. The van der Waals surface area contributed by atoms with Crippen LogP contribution in [-0.2, 0) is 0 Å². The van der Waals surface area contributed by atoms with Gasteiger partial charge in [-0.2, -0.15) is 0 Å². The highest BCUT2D eigenvalue weighted by molar-refractivity contribution is 5.95. The molecule has 4 nitrogen and oxygen atoms in total. The van der Waals surface area contributed by atoms with E-state index in [2.05, 4.69) is 0 Å². The maximum absolute atomic E-state index is 10.8. The Labute approximate surface area is 109 Å². The van der Waals surface area contributed by atoms with Gasteiger partial charge in [0.25, 0.3) is 5.69 Å². The first kappa shape index (κ1) is 11.5. The summed E-state index contributed by atoms with van der Waals surface area (Å²) in [6.45, 7) is 2.02. The lowest BCUT2D eigenvalue weighted by atomic mass is 10.0. The zero-order valence-corrected chi connectivity index (χ0v) is 10.3. The molecule has 3 rings (SSSR count). The van der Waals surface area contributed by atoms with Crippen LogP contribution in [0.25, 0.3) is 22.1 Å². The molecule has 0 saturated carbocycles. The third-order valence-electron chi connectivity index (χ3n) is 3.13. The highest BCUT2D eigenvalue weighted by Crippen LogP contribution is 2.32. The van der Waals surface area contributed by atoms with Crippen molar-refractivity contribution in [2.45, 2.75) is 6.92 Å². The summed E-state index contributed by atoms with van der Waals surface area (Å²) >= 11 is 0. The summed E-state index contributed by atoms with van der Waals surface area (Å²) in [5, 5.41) is 11.6. The topological polar surface area (TPSA) is 56.3 Å². The number of fused-ring (bicyclic) bond motifs is 1. The van der Waals surface area contributed by atoms with E-state index in [4.69, 9.17) is 4.42 Å². The van der Waals surface area contributed by atoms with Crippen molar-refractivity contribution in [2.75, 3.05) is 0 Å². The number of non-ortho nitro benzene ring substituents is 1. The molecule has 0 atom stereocenters. The molecule has 0 fully saturated rings. The van der Waals surface area contributed by atoms with Crippen molar-refractivity contribution in [3.05, 3.63) is 64.4 Å². The number of rotatable bonds is 2. The number of nitro benzene ring substituents is 1. The van der Waals surface area contributed by atoms with E-state index in [9.17, 15) is 10.1 Å². The van der Waals surface area contributed by atoms with Crippen molar-refractivity contribution in [3.8, 4) is 11.1 Å². The molecule has 4 heteroatoms. The van der Waals surface area contributed by atoms with Gasteiger partial charge >= 0.3 is 0 Å². The van der Waals surface area contributed by atoms with Gasteiger partial charge in [0.15, 0.2) is 0 Å². The van der Waals surface area contributed by atoms with Gasteiger partial charge in [-0.25, -0.2) is 0 Å². The van der Waals surface area contributed by atoms with Crippen molar-refractivity contribution >= 4 is 16.7 Å². The largest absolute Gasteiger partial charge is 0.464 e. The SMILES string of the molecule is Cc1ccc(-c2coc3ccc([N+](=O)[O-])cc23)cc1. The Hall–Kier alpha value is -2.62. The number of furan rings is 1. The monoisotopic (exact) mass is 253 g/mol. The van der Waals surface area contributed by atoms with Crippen LogP contribution in [0.4, 0.5) is 5.69 Å². The lowest BCUT2D eigenvalue weighted by molar-refractivity contribution is -0.384. The molecular weight excluding hydrogens is 242 g/mol. The van der Waals surface area contributed by atoms with Crippen LogP contribution in [0.1, 0.15) is 5.56 Å². The molecule has 0 aliphatic carbocycles. The lowest BCUT2D eigenvalue weighted by Gasteiger charge is -1.99. The first-order valence-electron chi connectivity index (χ1n) is 5.88. The molecule has 3 aromatic rings. The first-order chi connectivity index (χ1) is 9.15. The molecule has 0 unspecified atom stereocenters. The van der Waals surface area contributed by atoms with Gasteiger partial charge in [0, 0.05) is 23.1 Å². The van der Waals surface area contributed by atoms with E-state index in [0.717, 1.165) is 16.5 Å². The van der Waals surface area contributed by atoms with E-state index in [1.165, 1.54) is 11.6 Å². The molecule has 0 bridgehead atoms. The Balaban J connectivity index is 2.21. The average molecular weight is 253 g/mol. The van der Waals surface area contributed by atoms with Crippen molar-refractivity contribution in [3.63, 3.8) is 0 Å². The summed E-state index contributed by atoms with van der Waals surface area (Å²) in [5.74, 6) is 0. The second kappa shape index (κ2) is 4.24. The fourth-order valence-corrected chi connectivity index (χ4v) is 2.09. The maximum atomic E-state index is 10.8.